The number of rotatable bonds is 9. The molecule has 0 spiro atoms. The molecule has 0 N–H and O–H groups in total. The van der Waals surface area contributed by atoms with E-state index in [-0.39, 0.29) is 12.7 Å². The van der Waals surface area contributed by atoms with E-state index < -0.39 is 17.7 Å². The minimum Gasteiger partial charge on any atom is -0.487 e. The summed E-state index contributed by atoms with van der Waals surface area (Å²) < 4.78 is 54.0. The molecule has 0 aliphatic carbocycles. The molecule has 0 saturated heterocycles. The Labute approximate surface area is 162 Å². The van der Waals surface area contributed by atoms with Crippen molar-refractivity contribution >= 4 is 5.97 Å². The number of esters is 1. The number of ether oxygens (including phenoxy) is 3. The summed E-state index contributed by atoms with van der Waals surface area (Å²) in [6, 6.07) is 12.0. The molecule has 4 nitrogen and oxygen atoms in total. The monoisotopic (exact) mass is 396 g/mol. The number of hydrogen-bond acceptors (Lipinski definition) is 4. The van der Waals surface area contributed by atoms with Gasteiger partial charge < -0.3 is 14.2 Å². The van der Waals surface area contributed by atoms with E-state index in [0.29, 0.717) is 24.3 Å². The predicted molar refractivity (Wildman–Crippen MR) is 98.4 cm³/mol. The summed E-state index contributed by atoms with van der Waals surface area (Å²) in [6.07, 6.45) is -2.46. The Kier molecular flexibility index (Phi) is 7.87. The van der Waals surface area contributed by atoms with Crippen LogP contribution in [0.15, 0.2) is 48.5 Å². The van der Waals surface area contributed by atoms with Gasteiger partial charge in [0.15, 0.2) is 11.5 Å². The molecular weight excluding hydrogens is 373 g/mol. The number of para-hydroxylation sites is 2. The Hall–Kier alpha value is -2.54. The zero-order chi connectivity index (χ0) is 20.6. The molecule has 0 heterocycles. The molecule has 152 valence electrons. The van der Waals surface area contributed by atoms with Crippen LogP contribution in [0.25, 0.3) is 0 Å². The topological polar surface area (TPSA) is 44.8 Å². The number of hydrogen-bond donors (Lipinski definition) is 0. The number of methoxy groups -OCH3 is 1. The second-order valence-corrected chi connectivity index (χ2v) is 6.30. The highest BCUT2D eigenvalue weighted by atomic mass is 19.4. The van der Waals surface area contributed by atoms with Crippen LogP contribution in [-0.4, -0.2) is 25.8 Å². The van der Waals surface area contributed by atoms with Gasteiger partial charge in [-0.3, -0.25) is 4.79 Å². The average Bonchev–Trinajstić information content (AvgIpc) is 2.65. The summed E-state index contributed by atoms with van der Waals surface area (Å²) in [5, 5.41) is 0. The first-order chi connectivity index (χ1) is 13.3. The molecule has 1 unspecified atom stereocenters. The Morgan fingerprint density at radius 2 is 1.68 bits per heavy atom. The van der Waals surface area contributed by atoms with Crippen LogP contribution < -0.4 is 9.47 Å². The summed E-state index contributed by atoms with van der Waals surface area (Å²) in [5.74, 6) is 0.355. The van der Waals surface area contributed by atoms with Crippen LogP contribution in [0.3, 0.4) is 0 Å². The summed E-state index contributed by atoms with van der Waals surface area (Å²) in [4.78, 5) is 11.1. The second-order valence-electron chi connectivity index (χ2n) is 6.30. The van der Waals surface area contributed by atoms with E-state index in [1.165, 1.54) is 19.1 Å². The van der Waals surface area contributed by atoms with Gasteiger partial charge >= 0.3 is 12.1 Å². The fraction of sp³-hybridized carbons (Fsp3) is 0.381. The van der Waals surface area contributed by atoms with E-state index in [1.807, 2.05) is 0 Å². The first kappa shape index (κ1) is 21.8. The number of alkyl halides is 3. The molecule has 2 aromatic carbocycles. The van der Waals surface area contributed by atoms with Crippen LogP contribution in [0.2, 0.25) is 0 Å². The van der Waals surface area contributed by atoms with Crippen LogP contribution in [0.5, 0.6) is 11.5 Å². The Morgan fingerprint density at radius 1 is 1.04 bits per heavy atom. The van der Waals surface area contributed by atoms with Crippen LogP contribution in [0.1, 0.15) is 30.9 Å². The van der Waals surface area contributed by atoms with Gasteiger partial charge in [-0.2, -0.15) is 13.2 Å². The Bertz CT molecular complexity index is 757. The predicted octanol–water partition coefficient (Wildman–Crippen LogP) is 5.05. The van der Waals surface area contributed by atoms with Crippen LogP contribution in [-0.2, 0) is 22.1 Å². The van der Waals surface area contributed by atoms with Gasteiger partial charge in [0.05, 0.1) is 11.7 Å². The van der Waals surface area contributed by atoms with E-state index in [2.05, 4.69) is 0 Å². The average molecular weight is 396 g/mol. The fourth-order valence-corrected chi connectivity index (χ4v) is 2.65. The highest BCUT2D eigenvalue weighted by Crippen LogP contribution is 2.29. The molecule has 28 heavy (non-hydrogen) atoms. The van der Waals surface area contributed by atoms with Gasteiger partial charge in [-0.25, -0.2) is 0 Å². The van der Waals surface area contributed by atoms with Gasteiger partial charge in [0, 0.05) is 14.0 Å². The molecule has 7 heteroatoms. The number of halogens is 3. The van der Waals surface area contributed by atoms with E-state index >= 15 is 0 Å². The fourth-order valence-electron chi connectivity index (χ4n) is 2.65. The molecule has 0 saturated carbocycles. The molecule has 0 fully saturated rings. The van der Waals surface area contributed by atoms with Gasteiger partial charge in [-0.15, -0.1) is 0 Å². The van der Waals surface area contributed by atoms with E-state index in [1.54, 1.807) is 31.4 Å². The summed E-state index contributed by atoms with van der Waals surface area (Å²) in [5.41, 5.74) is 0.190. The molecule has 2 rings (SSSR count). The minimum absolute atomic E-state index is 0.195. The summed E-state index contributed by atoms with van der Waals surface area (Å²) >= 11 is 0. The Balaban J connectivity index is 1.83. The number of carbonyl (C=O) groups excluding carboxylic acids is 1. The third-order valence-electron chi connectivity index (χ3n) is 4.13. The SMILES string of the molecule is COC(CCCc1ccc(C(F)(F)F)cc1)COc1ccccc1OC(C)=O. The smallest absolute Gasteiger partial charge is 0.416 e. The number of benzene rings is 2. The number of carbonyl (C=O) groups is 1. The van der Waals surface area contributed by atoms with Crippen molar-refractivity contribution in [2.75, 3.05) is 13.7 Å². The third kappa shape index (κ3) is 6.88. The molecule has 0 radical (unpaired) electrons. The largest absolute Gasteiger partial charge is 0.487 e. The lowest BCUT2D eigenvalue weighted by molar-refractivity contribution is -0.137. The quantitative estimate of drug-likeness (QED) is 0.440. The summed E-state index contributed by atoms with van der Waals surface area (Å²) in [7, 11) is 1.57. The Morgan fingerprint density at radius 3 is 2.25 bits per heavy atom. The first-order valence-corrected chi connectivity index (χ1v) is 8.88. The van der Waals surface area contributed by atoms with Crippen molar-refractivity contribution < 1.29 is 32.2 Å². The molecule has 1 atom stereocenters. The maximum atomic E-state index is 12.6. The van der Waals surface area contributed by atoms with Gasteiger partial charge in [0.1, 0.15) is 6.61 Å². The maximum absolute atomic E-state index is 12.6. The highest BCUT2D eigenvalue weighted by molar-refractivity contribution is 5.70. The molecule has 0 amide bonds. The lowest BCUT2D eigenvalue weighted by Gasteiger charge is -2.17. The zero-order valence-corrected chi connectivity index (χ0v) is 15.8. The van der Waals surface area contributed by atoms with Gasteiger partial charge in [0.25, 0.3) is 0 Å². The van der Waals surface area contributed by atoms with E-state index in [4.69, 9.17) is 14.2 Å². The molecular formula is C21H23F3O4. The van der Waals surface area contributed by atoms with Crippen molar-refractivity contribution in [3.8, 4) is 11.5 Å². The molecule has 0 bridgehead atoms. The standard InChI is InChI=1S/C21H23F3O4/c1-15(25)28-20-9-4-3-8-19(20)27-14-18(26-2)7-5-6-16-10-12-17(13-11-16)21(22,23)24/h3-4,8-13,18H,5-7,14H2,1-2H3. The van der Waals surface area contributed by atoms with Gasteiger partial charge in [0.2, 0.25) is 0 Å². The lowest BCUT2D eigenvalue weighted by atomic mass is 10.0. The minimum atomic E-state index is -4.32. The zero-order valence-electron chi connectivity index (χ0n) is 15.8. The van der Waals surface area contributed by atoms with E-state index in [9.17, 15) is 18.0 Å². The van der Waals surface area contributed by atoms with Crippen LogP contribution in [0, 0.1) is 0 Å². The van der Waals surface area contributed by atoms with Gasteiger partial charge in [-0.05, 0) is 49.1 Å². The molecule has 0 aromatic heterocycles. The van der Waals surface area contributed by atoms with Crippen molar-refractivity contribution in [3.05, 3.63) is 59.7 Å². The molecule has 2 aromatic rings. The van der Waals surface area contributed by atoms with E-state index in [0.717, 1.165) is 24.1 Å². The van der Waals surface area contributed by atoms with Crippen molar-refractivity contribution in [2.45, 2.75) is 38.5 Å². The van der Waals surface area contributed by atoms with Crippen molar-refractivity contribution in [1.82, 2.24) is 0 Å². The van der Waals surface area contributed by atoms with Crippen molar-refractivity contribution in [1.29, 1.82) is 0 Å². The highest BCUT2D eigenvalue weighted by Gasteiger charge is 2.29. The lowest BCUT2D eigenvalue weighted by Crippen LogP contribution is -2.21. The third-order valence-corrected chi connectivity index (χ3v) is 4.13. The van der Waals surface area contributed by atoms with Crippen LogP contribution in [0.4, 0.5) is 13.2 Å². The number of aryl methyl sites for hydroxylation is 1. The molecule has 0 aliphatic rings. The maximum Gasteiger partial charge on any atom is 0.416 e. The van der Waals surface area contributed by atoms with Crippen molar-refractivity contribution in [3.63, 3.8) is 0 Å². The van der Waals surface area contributed by atoms with Crippen molar-refractivity contribution in [2.24, 2.45) is 0 Å². The summed E-state index contributed by atoms with van der Waals surface area (Å²) in [6.45, 7) is 1.58. The van der Waals surface area contributed by atoms with Gasteiger partial charge in [-0.1, -0.05) is 24.3 Å². The second kappa shape index (κ2) is 10.1. The normalized spacial score (nSPS) is 12.5. The molecule has 0 aliphatic heterocycles. The first-order valence-electron chi connectivity index (χ1n) is 8.88. The van der Waals surface area contributed by atoms with Crippen LogP contribution >= 0.6 is 0 Å².